The number of aliphatic hydroxyl groups excluding tert-OH is 1. The average molecular weight is 493 g/mol. The van der Waals surface area contributed by atoms with Crippen molar-refractivity contribution >= 4 is 23.0 Å². The number of nitrogens with zero attached hydrogens (tertiary/aromatic N) is 2. The van der Waals surface area contributed by atoms with Crippen molar-refractivity contribution in [2.45, 2.75) is 12.6 Å². The molecule has 1 aromatic heterocycles. The number of hydrogen-bond donors (Lipinski definition) is 1. The molecule has 182 valence electrons. The van der Waals surface area contributed by atoms with Crippen LogP contribution in [0.15, 0.2) is 77.4 Å². The molecule has 7 nitrogen and oxygen atoms in total. The first kappa shape index (κ1) is 24.5. The van der Waals surface area contributed by atoms with E-state index in [1.165, 1.54) is 16.2 Å². The first-order chi connectivity index (χ1) is 16.9. The molecule has 0 radical (unpaired) electrons. The van der Waals surface area contributed by atoms with Gasteiger partial charge in [-0.05, 0) is 48.8 Å². The largest absolute Gasteiger partial charge is 0.503 e. The Hall–Kier alpha value is -3.62. The number of carbonyl (C=O) groups is 2. The topological polar surface area (TPSA) is 79.3 Å². The Bertz CT molecular complexity index is 1220. The number of carbonyl (C=O) groups excluding carboxylic acids is 2. The van der Waals surface area contributed by atoms with Crippen molar-refractivity contribution in [3.05, 3.63) is 93.4 Å². The Kier molecular flexibility index (Phi) is 7.53. The molecule has 35 heavy (non-hydrogen) atoms. The van der Waals surface area contributed by atoms with Gasteiger partial charge >= 0.3 is 0 Å². The maximum atomic E-state index is 13.4. The van der Waals surface area contributed by atoms with E-state index in [2.05, 4.69) is 0 Å². The van der Waals surface area contributed by atoms with E-state index in [0.29, 0.717) is 41.6 Å². The molecular weight excluding hydrogens is 464 g/mol. The smallest absolute Gasteiger partial charge is 0.290 e. The quantitative estimate of drug-likeness (QED) is 0.421. The highest BCUT2D eigenvalue weighted by Gasteiger charge is 2.44. The SMILES string of the molecule is COc1cc([C@H]2C(C(=O)c3cccs3)=C(O)C(=O)N2CCN(C)C)ccc1OCc1ccccc1. The Balaban J connectivity index is 1.69. The lowest BCUT2D eigenvalue weighted by molar-refractivity contribution is -0.129. The molecule has 0 fully saturated rings. The van der Waals surface area contributed by atoms with Crippen molar-refractivity contribution in [1.82, 2.24) is 9.80 Å². The van der Waals surface area contributed by atoms with E-state index in [-0.39, 0.29) is 11.4 Å². The molecule has 1 amide bonds. The third-order valence-corrected chi connectivity index (χ3v) is 6.69. The average Bonchev–Trinajstić information content (AvgIpc) is 3.49. The molecule has 2 heterocycles. The standard InChI is InChI=1S/C27H28N2O5S/c1-28(2)13-14-29-24(23(26(31)27(29)32)25(30)22-10-7-15-35-22)19-11-12-20(21(16-19)33-3)34-17-18-8-5-4-6-9-18/h4-12,15-16,24,31H,13-14,17H2,1-3H3/t24-/m0/s1. The fourth-order valence-electron chi connectivity index (χ4n) is 4.02. The second-order valence-corrected chi connectivity index (χ2v) is 9.41. The van der Waals surface area contributed by atoms with Crippen molar-refractivity contribution in [2.24, 2.45) is 0 Å². The molecule has 0 saturated heterocycles. The van der Waals surface area contributed by atoms with Gasteiger partial charge in [0.25, 0.3) is 5.91 Å². The molecule has 0 unspecified atom stereocenters. The lowest BCUT2D eigenvalue weighted by Gasteiger charge is -2.28. The number of amides is 1. The van der Waals surface area contributed by atoms with Gasteiger partial charge in [-0.15, -0.1) is 11.3 Å². The lowest BCUT2D eigenvalue weighted by Crippen LogP contribution is -2.36. The summed E-state index contributed by atoms with van der Waals surface area (Å²) in [5.74, 6) is -0.390. The maximum absolute atomic E-state index is 13.4. The minimum Gasteiger partial charge on any atom is -0.503 e. The van der Waals surface area contributed by atoms with Crippen LogP contribution in [-0.4, -0.2) is 60.9 Å². The van der Waals surface area contributed by atoms with E-state index in [0.717, 1.165) is 5.56 Å². The number of ether oxygens (including phenoxy) is 2. The number of Topliss-reactive ketones (excluding diaryl/α,β-unsaturated/α-hetero) is 1. The van der Waals surface area contributed by atoms with Crippen molar-refractivity contribution in [2.75, 3.05) is 34.3 Å². The highest BCUT2D eigenvalue weighted by atomic mass is 32.1. The van der Waals surface area contributed by atoms with Gasteiger partial charge in [-0.3, -0.25) is 9.59 Å². The second-order valence-electron chi connectivity index (χ2n) is 8.46. The minimum absolute atomic E-state index is 0.0798. The Labute approximate surface area is 208 Å². The van der Waals surface area contributed by atoms with Crippen LogP contribution in [-0.2, 0) is 11.4 Å². The number of methoxy groups -OCH3 is 1. The summed E-state index contributed by atoms with van der Waals surface area (Å²) in [6.07, 6.45) is 0. The summed E-state index contributed by atoms with van der Waals surface area (Å²) in [5, 5.41) is 12.6. The van der Waals surface area contributed by atoms with Crippen LogP contribution in [0, 0.1) is 0 Å². The zero-order valence-electron chi connectivity index (χ0n) is 19.9. The van der Waals surface area contributed by atoms with Crippen LogP contribution in [0.4, 0.5) is 0 Å². The van der Waals surface area contributed by atoms with Crippen LogP contribution in [0.25, 0.3) is 0 Å². The molecule has 3 aromatic rings. The van der Waals surface area contributed by atoms with E-state index in [1.807, 2.05) is 55.4 Å². The predicted molar refractivity (Wildman–Crippen MR) is 135 cm³/mol. The van der Waals surface area contributed by atoms with E-state index >= 15 is 0 Å². The van der Waals surface area contributed by atoms with Gasteiger partial charge in [0.05, 0.1) is 23.6 Å². The number of likely N-dealkylation sites (N-methyl/N-ethyl adjacent to an activating group) is 1. The Morgan fingerprint density at radius 3 is 2.51 bits per heavy atom. The summed E-state index contributed by atoms with van der Waals surface area (Å²) in [4.78, 5) is 30.4. The number of benzene rings is 2. The Morgan fingerprint density at radius 1 is 1.09 bits per heavy atom. The van der Waals surface area contributed by atoms with Crippen LogP contribution < -0.4 is 9.47 Å². The van der Waals surface area contributed by atoms with Gasteiger partial charge in [-0.25, -0.2) is 0 Å². The molecule has 4 rings (SSSR count). The number of rotatable bonds is 10. The van der Waals surface area contributed by atoms with Crippen LogP contribution in [0.1, 0.15) is 26.8 Å². The monoisotopic (exact) mass is 492 g/mol. The van der Waals surface area contributed by atoms with Gasteiger partial charge in [0.2, 0.25) is 5.78 Å². The highest BCUT2D eigenvalue weighted by molar-refractivity contribution is 7.12. The van der Waals surface area contributed by atoms with Gasteiger partial charge in [0, 0.05) is 13.1 Å². The summed E-state index contributed by atoms with van der Waals surface area (Å²) >= 11 is 1.27. The van der Waals surface area contributed by atoms with Gasteiger partial charge in [0.15, 0.2) is 17.3 Å². The van der Waals surface area contributed by atoms with Crippen LogP contribution in [0.2, 0.25) is 0 Å². The Morgan fingerprint density at radius 2 is 1.86 bits per heavy atom. The summed E-state index contributed by atoms with van der Waals surface area (Å²) in [5.41, 5.74) is 1.76. The molecule has 0 aliphatic carbocycles. The first-order valence-corrected chi connectivity index (χ1v) is 12.1. The van der Waals surface area contributed by atoms with Crippen molar-refractivity contribution in [1.29, 1.82) is 0 Å². The third kappa shape index (κ3) is 5.23. The van der Waals surface area contributed by atoms with E-state index in [9.17, 15) is 14.7 Å². The first-order valence-electron chi connectivity index (χ1n) is 11.2. The molecule has 0 spiro atoms. The van der Waals surface area contributed by atoms with Crippen LogP contribution >= 0.6 is 11.3 Å². The highest BCUT2D eigenvalue weighted by Crippen LogP contribution is 2.42. The molecule has 0 bridgehead atoms. The number of ketones is 1. The zero-order valence-corrected chi connectivity index (χ0v) is 20.7. The van der Waals surface area contributed by atoms with Gasteiger partial charge in [-0.1, -0.05) is 42.5 Å². The van der Waals surface area contributed by atoms with Crippen molar-refractivity contribution < 1.29 is 24.2 Å². The predicted octanol–water partition coefficient (Wildman–Crippen LogP) is 4.48. The molecule has 1 aliphatic heterocycles. The third-order valence-electron chi connectivity index (χ3n) is 5.82. The van der Waals surface area contributed by atoms with Crippen molar-refractivity contribution in [3.8, 4) is 11.5 Å². The molecular formula is C27H28N2O5S. The summed E-state index contributed by atoms with van der Waals surface area (Å²) in [6, 6.07) is 17.9. The fraction of sp³-hybridized carbons (Fsp3) is 0.259. The molecule has 0 saturated carbocycles. The van der Waals surface area contributed by atoms with Crippen LogP contribution in [0.3, 0.4) is 0 Å². The number of hydrogen-bond acceptors (Lipinski definition) is 7. The van der Waals surface area contributed by atoms with E-state index in [1.54, 1.807) is 36.8 Å². The molecule has 1 atom stereocenters. The maximum Gasteiger partial charge on any atom is 0.290 e. The number of aliphatic hydroxyl groups is 1. The summed E-state index contributed by atoms with van der Waals surface area (Å²) < 4.78 is 11.6. The van der Waals surface area contributed by atoms with Crippen molar-refractivity contribution in [3.63, 3.8) is 0 Å². The second kappa shape index (κ2) is 10.8. The van der Waals surface area contributed by atoms with E-state index in [4.69, 9.17) is 9.47 Å². The summed E-state index contributed by atoms with van der Waals surface area (Å²) in [6.45, 7) is 1.29. The van der Waals surface area contributed by atoms with Gasteiger partial charge < -0.3 is 24.4 Å². The van der Waals surface area contributed by atoms with Crippen LogP contribution in [0.5, 0.6) is 11.5 Å². The van der Waals surface area contributed by atoms with E-state index < -0.39 is 17.7 Å². The van der Waals surface area contributed by atoms with Gasteiger partial charge in [-0.2, -0.15) is 0 Å². The minimum atomic E-state index is -0.742. The molecule has 2 aromatic carbocycles. The zero-order chi connectivity index (χ0) is 24.9. The molecule has 1 aliphatic rings. The van der Waals surface area contributed by atoms with Gasteiger partial charge in [0.1, 0.15) is 6.61 Å². The fourth-order valence-corrected chi connectivity index (χ4v) is 4.70. The normalized spacial score (nSPS) is 15.7. The molecule has 1 N–H and O–H groups in total. The summed E-state index contributed by atoms with van der Waals surface area (Å²) in [7, 11) is 5.36. The molecule has 8 heteroatoms. The number of thiophene rings is 1. The lowest BCUT2D eigenvalue weighted by atomic mass is 9.95.